The number of amides is 1. The van der Waals surface area contributed by atoms with Crippen LogP contribution in [0.5, 0.6) is 5.75 Å². The summed E-state index contributed by atoms with van der Waals surface area (Å²) >= 11 is 0. The first-order chi connectivity index (χ1) is 13.2. The third-order valence-corrected chi connectivity index (χ3v) is 5.05. The highest BCUT2D eigenvalue weighted by Gasteiger charge is 2.43. The van der Waals surface area contributed by atoms with Gasteiger partial charge >= 0.3 is 0 Å². The van der Waals surface area contributed by atoms with Crippen LogP contribution < -0.4 is 10.1 Å². The summed E-state index contributed by atoms with van der Waals surface area (Å²) in [7, 11) is 0. The molecule has 1 aliphatic heterocycles. The Kier molecular flexibility index (Phi) is 6.45. The van der Waals surface area contributed by atoms with Gasteiger partial charge in [0.15, 0.2) is 0 Å². The third-order valence-electron chi connectivity index (χ3n) is 5.05. The van der Waals surface area contributed by atoms with Crippen LogP contribution in [0.3, 0.4) is 0 Å². The van der Waals surface area contributed by atoms with E-state index in [1.165, 1.54) is 6.07 Å². The number of hydrogen-bond acceptors (Lipinski definition) is 3. The molecule has 4 nitrogen and oxygen atoms in total. The summed E-state index contributed by atoms with van der Waals surface area (Å²) in [5, 5.41) is 2.96. The lowest BCUT2D eigenvalue weighted by atomic mass is 9.73. The minimum Gasteiger partial charge on any atom is -0.494 e. The van der Waals surface area contributed by atoms with E-state index in [0.29, 0.717) is 43.9 Å². The Balaban J connectivity index is 1.76. The molecular weight excluding hydrogens is 345 g/mol. The molecule has 1 N–H and O–H groups in total. The lowest BCUT2D eigenvalue weighted by Gasteiger charge is -2.36. The zero-order valence-corrected chi connectivity index (χ0v) is 15.7. The molecule has 144 valence electrons. The molecule has 27 heavy (non-hydrogen) atoms. The van der Waals surface area contributed by atoms with Gasteiger partial charge in [-0.25, -0.2) is 4.39 Å². The van der Waals surface area contributed by atoms with Crippen LogP contribution in [0.25, 0.3) is 0 Å². The van der Waals surface area contributed by atoms with Crippen LogP contribution >= 0.6 is 0 Å². The van der Waals surface area contributed by atoms with E-state index < -0.39 is 5.41 Å². The van der Waals surface area contributed by atoms with Crippen LogP contribution in [-0.2, 0) is 14.9 Å². The zero-order chi connectivity index (χ0) is 19.1. The Bertz CT molecular complexity index is 754. The van der Waals surface area contributed by atoms with Gasteiger partial charge in [-0.2, -0.15) is 0 Å². The maximum absolute atomic E-state index is 14.5. The number of carbonyl (C=O) groups is 1. The van der Waals surface area contributed by atoms with E-state index in [0.717, 1.165) is 18.6 Å². The number of unbranched alkanes of at least 4 members (excludes halogenated alkanes) is 1. The highest BCUT2D eigenvalue weighted by atomic mass is 19.1. The Morgan fingerprint density at radius 2 is 1.85 bits per heavy atom. The predicted octanol–water partition coefficient (Wildman–Crippen LogP) is 4.69. The van der Waals surface area contributed by atoms with Crippen LogP contribution in [0.1, 0.15) is 38.2 Å². The van der Waals surface area contributed by atoms with Crippen LogP contribution in [0.2, 0.25) is 0 Å². The van der Waals surface area contributed by atoms with E-state index in [9.17, 15) is 9.18 Å². The number of rotatable bonds is 7. The predicted molar refractivity (Wildman–Crippen MR) is 104 cm³/mol. The van der Waals surface area contributed by atoms with E-state index in [1.807, 2.05) is 24.3 Å². The van der Waals surface area contributed by atoms with E-state index in [4.69, 9.17) is 9.47 Å². The summed E-state index contributed by atoms with van der Waals surface area (Å²) in [4.78, 5) is 13.2. The minimum atomic E-state index is -0.917. The highest BCUT2D eigenvalue weighted by Crippen LogP contribution is 2.37. The molecule has 0 bridgehead atoms. The average molecular weight is 371 g/mol. The summed E-state index contributed by atoms with van der Waals surface area (Å²) in [6, 6.07) is 13.8. The molecule has 5 heteroatoms. The minimum absolute atomic E-state index is 0.199. The van der Waals surface area contributed by atoms with E-state index in [1.54, 1.807) is 18.2 Å². The Morgan fingerprint density at radius 1 is 1.15 bits per heavy atom. The summed E-state index contributed by atoms with van der Waals surface area (Å²) in [6.07, 6.45) is 3.00. The quantitative estimate of drug-likeness (QED) is 0.718. The van der Waals surface area contributed by atoms with Crippen molar-refractivity contribution in [2.24, 2.45) is 0 Å². The van der Waals surface area contributed by atoms with E-state index >= 15 is 0 Å². The standard InChI is InChI=1S/C22H26FNO3/c1-2-3-14-27-18-10-8-17(9-11-18)24-21(25)22(12-15-26-16-13-22)19-6-4-5-7-20(19)23/h4-11H,2-3,12-16H2,1H3,(H,24,25). The monoisotopic (exact) mass is 371 g/mol. The van der Waals surface area contributed by atoms with Gasteiger partial charge in [0.1, 0.15) is 11.6 Å². The van der Waals surface area contributed by atoms with Crippen LogP contribution in [0.15, 0.2) is 48.5 Å². The summed E-state index contributed by atoms with van der Waals surface area (Å²) < 4.78 is 25.6. The molecule has 0 unspecified atom stereocenters. The van der Waals surface area contributed by atoms with Gasteiger partial charge in [0.05, 0.1) is 12.0 Å². The number of halogens is 1. The second-order valence-corrected chi connectivity index (χ2v) is 6.85. The third kappa shape index (κ3) is 4.48. The molecule has 0 radical (unpaired) electrons. The van der Waals surface area contributed by atoms with Crippen molar-refractivity contribution in [2.45, 2.75) is 38.0 Å². The van der Waals surface area contributed by atoms with Crippen LogP contribution in [-0.4, -0.2) is 25.7 Å². The second kappa shape index (κ2) is 9.00. The Morgan fingerprint density at radius 3 is 2.52 bits per heavy atom. The van der Waals surface area contributed by atoms with Crippen LogP contribution in [0.4, 0.5) is 10.1 Å². The van der Waals surface area contributed by atoms with Crippen LogP contribution in [0, 0.1) is 5.82 Å². The first-order valence-electron chi connectivity index (χ1n) is 9.53. The molecule has 1 saturated heterocycles. The molecule has 1 fully saturated rings. The maximum atomic E-state index is 14.5. The lowest BCUT2D eigenvalue weighted by Crippen LogP contribution is -2.45. The van der Waals surface area contributed by atoms with Gasteiger partial charge in [-0.1, -0.05) is 31.5 Å². The van der Waals surface area contributed by atoms with Gasteiger partial charge in [-0.3, -0.25) is 4.79 Å². The SMILES string of the molecule is CCCCOc1ccc(NC(=O)C2(c3ccccc3F)CCOCC2)cc1. The van der Waals surface area contributed by atoms with Gasteiger partial charge < -0.3 is 14.8 Å². The number of benzene rings is 2. The second-order valence-electron chi connectivity index (χ2n) is 6.85. The van der Waals surface area contributed by atoms with Gasteiger partial charge in [0, 0.05) is 24.5 Å². The Hall–Kier alpha value is -2.40. The summed E-state index contributed by atoms with van der Waals surface area (Å²) in [5.74, 6) is 0.223. The van der Waals surface area contributed by atoms with Crippen molar-refractivity contribution in [3.63, 3.8) is 0 Å². The smallest absolute Gasteiger partial charge is 0.235 e. The lowest BCUT2D eigenvalue weighted by molar-refractivity contribution is -0.125. The van der Waals surface area contributed by atoms with E-state index in [2.05, 4.69) is 12.2 Å². The number of anilines is 1. The fourth-order valence-corrected chi connectivity index (χ4v) is 3.41. The molecular formula is C22H26FNO3. The molecule has 1 heterocycles. The first-order valence-corrected chi connectivity index (χ1v) is 9.53. The van der Waals surface area contributed by atoms with Gasteiger partial charge in [0.2, 0.25) is 5.91 Å². The number of nitrogens with one attached hydrogen (secondary N) is 1. The van der Waals surface area contributed by atoms with Crippen molar-refractivity contribution < 1.29 is 18.7 Å². The molecule has 2 aromatic rings. The van der Waals surface area contributed by atoms with Gasteiger partial charge in [-0.05, 0) is 49.6 Å². The van der Waals surface area contributed by atoms with Crippen molar-refractivity contribution in [3.05, 3.63) is 59.9 Å². The molecule has 1 amide bonds. The highest BCUT2D eigenvalue weighted by molar-refractivity contribution is 5.99. The van der Waals surface area contributed by atoms with Gasteiger partial charge in [-0.15, -0.1) is 0 Å². The average Bonchev–Trinajstić information content (AvgIpc) is 2.70. The van der Waals surface area contributed by atoms with Gasteiger partial charge in [0.25, 0.3) is 0 Å². The molecule has 0 aromatic heterocycles. The summed E-state index contributed by atoms with van der Waals surface area (Å²) in [5.41, 5.74) is 0.190. The summed E-state index contributed by atoms with van der Waals surface area (Å²) in [6.45, 7) is 3.67. The fraction of sp³-hybridized carbons (Fsp3) is 0.409. The molecule has 2 aromatic carbocycles. The van der Waals surface area contributed by atoms with Crippen molar-refractivity contribution >= 4 is 11.6 Å². The molecule has 0 saturated carbocycles. The molecule has 1 aliphatic rings. The molecule has 3 rings (SSSR count). The molecule has 0 spiro atoms. The zero-order valence-electron chi connectivity index (χ0n) is 15.7. The van der Waals surface area contributed by atoms with E-state index in [-0.39, 0.29) is 11.7 Å². The van der Waals surface area contributed by atoms with Crippen molar-refractivity contribution in [1.82, 2.24) is 0 Å². The maximum Gasteiger partial charge on any atom is 0.235 e. The normalized spacial score (nSPS) is 15.9. The molecule has 0 atom stereocenters. The van der Waals surface area contributed by atoms with Crippen molar-refractivity contribution in [3.8, 4) is 5.75 Å². The van der Waals surface area contributed by atoms with Crippen molar-refractivity contribution in [1.29, 1.82) is 0 Å². The first kappa shape index (κ1) is 19.4. The topological polar surface area (TPSA) is 47.6 Å². The number of carbonyl (C=O) groups excluding carboxylic acids is 1. The Labute approximate surface area is 159 Å². The number of hydrogen-bond donors (Lipinski definition) is 1. The molecule has 0 aliphatic carbocycles. The largest absolute Gasteiger partial charge is 0.494 e. The number of ether oxygens (including phenoxy) is 2. The van der Waals surface area contributed by atoms with Crippen molar-refractivity contribution in [2.75, 3.05) is 25.1 Å². The fourth-order valence-electron chi connectivity index (χ4n) is 3.41.